The molecule has 0 aliphatic heterocycles. The quantitative estimate of drug-likeness (QED) is 0.480. The number of hydrogen-bond acceptors (Lipinski definition) is 7. The van der Waals surface area contributed by atoms with Crippen molar-refractivity contribution in [3.05, 3.63) is 56.7 Å². The maximum atomic E-state index is 12.8. The van der Waals surface area contributed by atoms with Gasteiger partial charge >= 0.3 is 11.9 Å². The Bertz CT molecular complexity index is 1480. The summed E-state index contributed by atoms with van der Waals surface area (Å²) in [6, 6.07) is 0.753. The molecule has 33 heavy (non-hydrogen) atoms. The zero-order valence-electron chi connectivity index (χ0n) is 17.4. The molecule has 0 aromatic carbocycles. The van der Waals surface area contributed by atoms with E-state index in [0.29, 0.717) is 11.2 Å². The van der Waals surface area contributed by atoms with Crippen molar-refractivity contribution in [1.82, 2.24) is 28.7 Å². The minimum Gasteiger partial charge on any atom is -0.330 e. The number of aromatic nitrogens is 6. The van der Waals surface area contributed by atoms with Gasteiger partial charge in [-0.05, 0) is 13.0 Å². The summed E-state index contributed by atoms with van der Waals surface area (Å²) in [7, 11) is 2.88. The molecular weight excluding hydrogens is 463 g/mol. The molecule has 0 aliphatic rings. The summed E-state index contributed by atoms with van der Waals surface area (Å²) < 4.78 is 41.6. The first-order valence-electron chi connectivity index (χ1n) is 9.41. The summed E-state index contributed by atoms with van der Waals surface area (Å²) in [6.45, 7) is 1.58. The molecule has 14 heteroatoms. The van der Waals surface area contributed by atoms with Crippen molar-refractivity contribution in [3.63, 3.8) is 0 Å². The Morgan fingerprint density at radius 2 is 1.82 bits per heavy atom. The van der Waals surface area contributed by atoms with Gasteiger partial charge < -0.3 is 9.88 Å². The van der Waals surface area contributed by atoms with Crippen LogP contribution in [-0.4, -0.2) is 34.6 Å². The number of carbonyl (C=O) groups is 1. The largest absolute Gasteiger partial charge is 0.451 e. The van der Waals surface area contributed by atoms with Crippen LogP contribution < -0.4 is 16.6 Å². The molecule has 10 nitrogen and oxygen atoms in total. The van der Waals surface area contributed by atoms with Crippen LogP contribution in [0.5, 0.6) is 0 Å². The molecule has 0 fully saturated rings. The number of aryl methyl sites for hydroxylation is 1. The van der Waals surface area contributed by atoms with Crippen molar-refractivity contribution in [3.8, 4) is 11.3 Å². The number of carbonyl (C=O) groups excluding carboxylic acids is 1. The van der Waals surface area contributed by atoms with Gasteiger partial charge in [-0.2, -0.15) is 13.2 Å². The number of anilines is 1. The highest BCUT2D eigenvalue weighted by Gasteiger charge is 2.34. The van der Waals surface area contributed by atoms with E-state index in [4.69, 9.17) is 0 Å². The number of nitrogens with zero attached hydrogens (tertiary/aromatic N) is 6. The lowest BCUT2D eigenvalue weighted by molar-refractivity contribution is -0.145. The molecule has 0 radical (unpaired) electrons. The van der Waals surface area contributed by atoms with Gasteiger partial charge in [0.1, 0.15) is 11.6 Å². The van der Waals surface area contributed by atoms with E-state index in [1.807, 2.05) is 0 Å². The third kappa shape index (κ3) is 3.92. The van der Waals surface area contributed by atoms with Crippen LogP contribution in [0.2, 0.25) is 0 Å². The van der Waals surface area contributed by atoms with Crippen molar-refractivity contribution in [2.24, 2.45) is 14.1 Å². The smallest absolute Gasteiger partial charge is 0.330 e. The average molecular weight is 479 g/mol. The third-order valence-electron chi connectivity index (χ3n) is 5.07. The van der Waals surface area contributed by atoms with Crippen LogP contribution in [0.4, 0.5) is 18.3 Å². The standard InChI is InChI=1S/C19H16F3N7O3S/c1-9(29-5-4-12-13(29)15(31)28(3)18(32)27(12)2)14(30)26-17-25-11(8-33-17)10-6-23-16(24-7-10)19(20,21)22/h4-9H,1-3H3,(H,25,26,30)/t9-/m0/s1. The second kappa shape index (κ2) is 7.95. The monoisotopic (exact) mass is 479 g/mol. The van der Waals surface area contributed by atoms with Crippen LogP contribution in [0.25, 0.3) is 22.3 Å². The molecule has 1 atom stereocenters. The predicted octanol–water partition coefficient (Wildman–Crippen LogP) is 2.17. The molecule has 172 valence electrons. The molecule has 4 aromatic heterocycles. The highest BCUT2D eigenvalue weighted by atomic mass is 32.1. The first-order chi connectivity index (χ1) is 15.5. The summed E-state index contributed by atoms with van der Waals surface area (Å²) in [5, 5.41) is 4.38. The Morgan fingerprint density at radius 1 is 1.15 bits per heavy atom. The van der Waals surface area contributed by atoms with Crippen molar-refractivity contribution in [2.75, 3.05) is 5.32 Å². The van der Waals surface area contributed by atoms with Crippen molar-refractivity contribution >= 4 is 33.4 Å². The fraction of sp³-hybridized carbons (Fsp3) is 0.263. The average Bonchev–Trinajstić information content (AvgIpc) is 3.42. The highest BCUT2D eigenvalue weighted by Crippen LogP contribution is 2.28. The lowest BCUT2D eigenvalue weighted by Gasteiger charge is -2.14. The van der Waals surface area contributed by atoms with E-state index in [1.165, 1.54) is 23.2 Å². The van der Waals surface area contributed by atoms with Gasteiger partial charge in [-0.1, -0.05) is 0 Å². The fourth-order valence-corrected chi connectivity index (χ4v) is 3.95. The second-order valence-electron chi connectivity index (χ2n) is 7.16. The number of hydrogen-bond donors (Lipinski definition) is 1. The van der Waals surface area contributed by atoms with Gasteiger partial charge in [0.2, 0.25) is 11.7 Å². The number of thiazole rings is 1. The number of amides is 1. The van der Waals surface area contributed by atoms with Gasteiger partial charge in [0, 0.05) is 43.6 Å². The number of halogens is 3. The van der Waals surface area contributed by atoms with E-state index in [2.05, 4.69) is 20.3 Å². The first kappa shape index (κ1) is 22.4. The van der Waals surface area contributed by atoms with Gasteiger partial charge in [0.05, 0.1) is 11.2 Å². The van der Waals surface area contributed by atoms with Gasteiger partial charge in [0.15, 0.2) is 5.13 Å². The molecule has 0 unspecified atom stereocenters. The van der Waals surface area contributed by atoms with E-state index >= 15 is 0 Å². The molecule has 4 rings (SSSR count). The number of fused-ring (bicyclic) bond motifs is 1. The molecule has 0 bridgehead atoms. The maximum absolute atomic E-state index is 12.8. The summed E-state index contributed by atoms with van der Waals surface area (Å²) >= 11 is 1.07. The van der Waals surface area contributed by atoms with E-state index in [-0.39, 0.29) is 16.2 Å². The van der Waals surface area contributed by atoms with Crippen molar-refractivity contribution in [2.45, 2.75) is 19.1 Å². The Labute approximate surface area is 187 Å². The maximum Gasteiger partial charge on any atom is 0.451 e. The number of alkyl halides is 3. The molecule has 4 heterocycles. The zero-order chi connectivity index (χ0) is 24.1. The third-order valence-corrected chi connectivity index (χ3v) is 5.83. The van der Waals surface area contributed by atoms with E-state index in [1.54, 1.807) is 24.6 Å². The Morgan fingerprint density at radius 3 is 2.45 bits per heavy atom. The van der Waals surface area contributed by atoms with E-state index in [0.717, 1.165) is 28.3 Å². The molecule has 0 saturated heterocycles. The lowest BCUT2D eigenvalue weighted by Crippen LogP contribution is -2.38. The van der Waals surface area contributed by atoms with Crippen LogP contribution in [0, 0.1) is 0 Å². The second-order valence-corrected chi connectivity index (χ2v) is 8.02. The molecule has 0 spiro atoms. The highest BCUT2D eigenvalue weighted by molar-refractivity contribution is 7.14. The molecular formula is C19H16F3N7O3S. The molecule has 1 N–H and O–H groups in total. The zero-order valence-corrected chi connectivity index (χ0v) is 18.2. The Kier molecular flexibility index (Phi) is 5.40. The summed E-state index contributed by atoms with van der Waals surface area (Å²) in [4.78, 5) is 48.3. The van der Waals surface area contributed by atoms with Gasteiger partial charge in [-0.15, -0.1) is 11.3 Å². The van der Waals surface area contributed by atoms with Gasteiger partial charge in [-0.3, -0.25) is 18.7 Å². The van der Waals surface area contributed by atoms with Crippen molar-refractivity contribution < 1.29 is 18.0 Å². The molecule has 4 aromatic rings. The molecule has 0 aliphatic carbocycles. The van der Waals surface area contributed by atoms with E-state index in [9.17, 15) is 27.6 Å². The minimum atomic E-state index is -4.65. The van der Waals surface area contributed by atoms with Crippen LogP contribution >= 0.6 is 11.3 Å². The van der Waals surface area contributed by atoms with Gasteiger partial charge in [0.25, 0.3) is 5.56 Å². The summed E-state index contributed by atoms with van der Waals surface area (Å²) in [5.41, 5.74) is 0.132. The van der Waals surface area contributed by atoms with Crippen LogP contribution in [-0.2, 0) is 25.1 Å². The predicted molar refractivity (Wildman–Crippen MR) is 114 cm³/mol. The number of nitrogens with one attached hydrogen (secondary N) is 1. The normalized spacial score (nSPS) is 12.8. The summed E-state index contributed by atoms with van der Waals surface area (Å²) in [5.74, 6) is -1.74. The lowest BCUT2D eigenvalue weighted by atomic mass is 10.3. The SMILES string of the molecule is C[C@@H](C(=O)Nc1nc(-c2cnc(C(F)(F)F)nc2)cs1)n1ccc2c1c(=O)n(C)c(=O)n2C. The van der Waals surface area contributed by atoms with E-state index < -0.39 is 35.2 Å². The number of rotatable bonds is 4. The summed E-state index contributed by atoms with van der Waals surface area (Å²) in [6.07, 6.45) is -1.09. The fourth-order valence-electron chi connectivity index (χ4n) is 3.23. The Balaban J connectivity index is 1.57. The molecule has 1 amide bonds. The van der Waals surface area contributed by atoms with Crippen molar-refractivity contribution in [1.29, 1.82) is 0 Å². The van der Waals surface area contributed by atoms with Crippen LogP contribution in [0.3, 0.4) is 0 Å². The topological polar surface area (TPSA) is 117 Å². The van der Waals surface area contributed by atoms with Gasteiger partial charge in [-0.25, -0.2) is 19.7 Å². The minimum absolute atomic E-state index is 0.198. The molecule has 0 saturated carbocycles. The first-order valence-corrected chi connectivity index (χ1v) is 10.3. The van der Waals surface area contributed by atoms with Crippen LogP contribution in [0.1, 0.15) is 18.8 Å². The van der Waals surface area contributed by atoms with Crippen LogP contribution in [0.15, 0.2) is 39.6 Å². The Hall–Kier alpha value is -3.81.